The minimum absolute atomic E-state index is 0.0355. The van der Waals surface area contributed by atoms with Crippen LogP contribution in [0.1, 0.15) is 71.6 Å². The monoisotopic (exact) mass is 1020 g/mol. The molecular formula is C54H68ClFN4O10S. The van der Waals surface area contributed by atoms with Crippen molar-refractivity contribution in [3.05, 3.63) is 130 Å². The minimum Gasteiger partial charge on any atom is -0.497 e. The van der Waals surface area contributed by atoms with Crippen molar-refractivity contribution in [2.24, 2.45) is 5.92 Å². The standard InChI is InChI=1S/C54H68ClFN4O10S/c1-38(35-71(63,64)58(33-39-12-18-44(67-4)19-13-39)34-40-14-20-45(68-5)21-15-40)11-23-47(56)51(52(61)57(27-29-65-2)28-30-66-3)59-26-8-10-50(59)60-36-54(25-7-9-41-31-43(55)17-22-46(41)54)37-70-49-24-16-42(32-48(49)60)53(62)69-6/h12-24,31-32,38,50-51H,7-11,25-30,33-37H2,1-6H3/b47-23-/t38-,50+,51?,54-/m0/s1. The van der Waals surface area contributed by atoms with Crippen molar-refractivity contribution in [2.75, 3.05) is 92.2 Å². The summed E-state index contributed by atoms with van der Waals surface area (Å²) >= 11 is 6.55. The smallest absolute Gasteiger partial charge is 0.337 e. The summed E-state index contributed by atoms with van der Waals surface area (Å²) < 4.78 is 81.5. The van der Waals surface area contributed by atoms with Crippen LogP contribution in [-0.2, 0) is 54.0 Å². The second kappa shape index (κ2) is 24.5. The second-order valence-corrected chi connectivity index (χ2v) is 21.2. The molecule has 1 saturated heterocycles. The summed E-state index contributed by atoms with van der Waals surface area (Å²) in [5.74, 6) is -0.609. The van der Waals surface area contributed by atoms with Gasteiger partial charge in [0.2, 0.25) is 15.9 Å². The maximum atomic E-state index is 17.8. The normalized spacial score (nSPS) is 19.1. The Labute approximate surface area is 423 Å². The Kier molecular flexibility index (Phi) is 18.5. The summed E-state index contributed by atoms with van der Waals surface area (Å²) in [5.41, 5.74) is 4.28. The highest BCUT2D eigenvalue weighted by molar-refractivity contribution is 7.89. The summed E-state index contributed by atoms with van der Waals surface area (Å²) in [5, 5.41) is 0.654. The summed E-state index contributed by atoms with van der Waals surface area (Å²) in [4.78, 5) is 33.9. The third-order valence-electron chi connectivity index (χ3n) is 13.9. The van der Waals surface area contributed by atoms with Gasteiger partial charge in [-0.1, -0.05) is 54.9 Å². The van der Waals surface area contributed by atoms with Gasteiger partial charge in [-0.25, -0.2) is 17.6 Å². The summed E-state index contributed by atoms with van der Waals surface area (Å²) in [6.07, 6.45) is 4.68. The Hall–Kier alpha value is -5.23. The lowest BCUT2D eigenvalue weighted by Gasteiger charge is -2.45. The molecule has 384 valence electrons. The highest BCUT2D eigenvalue weighted by atomic mass is 35.5. The van der Waals surface area contributed by atoms with E-state index < -0.39 is 51.3 Å². The molecule has 2 aliphatic heterocycles. The van der Waals surface area contributed by atoms with Crippen molar-refractivity contribution in [1.29, 1.82) is 0 Å². The zero-order valence-electron chi connectivity index (χ0n) is 41.7. The number of halogens is 2. The molecule has 17 heteroatoms. The van der Waals surface area contributed by atoms with Gasteiger partial charge in [0.25, 0.3) is 0 Å². The molecule has 0 N–H and O–H groups in total. The van der Waals surface area contributed by atoms with Crippen molar-refractivity contribution >= 4 is 39.2 Å². The third kappa shape index (κ3) is 12.9. The topological polar surface area (TPSA) is 137 Å². The molecule has 0 aromatic heterocycles. The zero-order valence-corrected chi connectivity index (χ0v) is 43.3. The van der Waals surface area contributed by atoms with Crippen molar-refractivity contribution in [3.63, 3.8) is 0 Å². The minimum atomic E-state index is -3.94. The number of hydrogen-bond acceptors (Lipinski definition) is 12. The van der Waals surface area contributed by atoms with E-state index in [-0.39, 0.29) is 51.6 Å². The number of methoxy groups -OCH3 is 5. The molecule has 3 aliphatic rings. The Morgan fingerprint density at radius 2 is 1.54 bits per heavy atom. The fraction of sp³-hybridized carbons (Fsp3) is 0.481. The molecule has 4 atom stereocenters. The molecule has 0 saturated carbocycles. The van der Waals surface area contributed by atoms with E-state index in [4.69, 9.17) is 40.0 Å². The number of allylic oxidation sites excluding steroid dienone is 1. The molecule has 4 aromatic rings. The van der Waals surface area contributed by atoms with Gasteiger partial charge in [-0.3, -0.25) is 9.69 Å². The first kappa shape index (κ1) is 53.6. The van der Waals surface area contributed by atoms with Crippen LogP contribution >= 0.6 is 11.6 Å². The second-order valence-electron chi connectivity index (χ2n) is 18.8. The molecule has 71 heavy (non-hydrogen) atoms. The molecule has 4 aromatic carbocycles. The van der Waals surface area contributed by atoms with Gasteiger partial charge >= 0.3 is 5.97 Å². The molecule has 0 radical (unpaired) electrons. The molecule has 14 nitrogen and oxygen atoms in total. The Bertz CT molecular complexity index is 2530. The molecule has 1 amide bonds. The highest BCUT2D eigenvalue weighted by Crippen LogP contribution is 2.47. The molecular weight excluding hydrogens is 951 g/mol. The van der Waals surface area contributed by atoms with Crippen LogP contribution < -0.4 is 19.1 Å². The van der Waals surface area contributed by atoms with Crippen LogP contribution in [0.4, 0.5) is 10.1 Å². The van der Waals surface area contributed by atoms with E-state index in [0.29, 0.717) is 66.1 Å². The fourth-order valence-corrected chi connectivity index (χ4v) is 12.2. The number of amides is 1. The van der Waals surface area contributed by atoms with E-state index >= 15 is 9.18 Å². The van der Waals surface area contributed by atoms with Crippen molar-refractivity contribution in [3.8, 4) is 17.2 Å². The number of carbonyl (C=O) groups excluding carboxylic acids is 2. The van der Waals surface area contributed by atoms with Crippen molar-refractivity contribution in [1.82, 2.24) is 14.1 Å². The number of anilines is 1. The highest BCUT2D eigenvalue weighted by Gasteiger charge is 2.48. The average Bonchev–Trinajstić information content (AvgIpc) is 3.79. The lowest BCUT2D eigenvalue weighted by Crippen LogP contribution is -2.58. The van der Waals surface area contributed by atoms with Crippen molar-refractivity contribution in [2.45, 2.75) is 76.2 Å². The molecule has 1 aliphatic carbocycles. The first-order valence-electron chi connectivity index (χ1n) is 24.3. The number of esters is 1. The van der Waals surface area contributed by atoms with Crippen LogP contribution in [0.2, 0.25) is 5.02 Å². The summed E-state index contributed by atoms with van der Waals surface area (Å²) in [6, 6.07) is 24.4. The van der Waals surface area contributed by atoms with Crippen molar-refractivity contribution < 1.29 is 50.8 Å². The lowest BCUT2D eigenvalue weighted by molar-refractivity contribution is -0.138. The van der Waals surface area contributed by atoms with Crippen LogP contribution in [0, 0.1) is 5.92 Å². The van der Waals surface area contributed by atoms with Crippen LogP contribution in [0.5, 0.6) is 17.2 Å². The zero-order chi connectivity index (χ0) is 50.7. The number of ether oxygens (including phenoxy) is 6. The van der Waals surface area contributed by atoms with Gasteiger partial charge in [0.15, 0.2) is 0 Å². The van der Waals surface area contributed by atoms with Crippen LogP contribution in [0.25, 0.3) is 0 Å². The number of sulfonamides is 1. The predicted octanol–water partition coefficient (Wildman–Crippen LogP) is 8.44. The van der Waals surface area contributed by atoms with Gasteiger partial charge < -0.3 is 38.2 Å². The predicted molar refractivity (Wildman–Crippen MR) is 273 cm³/mol. The van der Waals surface area contributed by atoms with Gasteiger partial charge in [0.1, 0.15) is 29.1 Å². The molecule has 1 fully saturated rings. The fourth-order valence-electron chi connectivity index (χ4n) is 10.2. The van der Waals surface area contributed by atoms with Gasteiger partial charge in [0.05, 0.1) is 64.3 Å². The number of rotatable bonds is 22. The first-order chi connectivity index (χ1) is 34.2. The number of carbonyl (C=O) groups is 2. The van der Waals surface area contributed by atoms with E-state index in [1.54, 1.807) is 82.7 Å². The van der Waals surface area contributed by atoms with E-state index in [1.807, 2.05) is 41.3 Å². The number of likely N-dealkylation sites (tertiary alicyclic amines) is 1. The largest absolute Gasteiger partial charge is 0.497 e. The SMILES string of the molecule is COCCN(CCOC)C(=O)C(/C(F)=C/C[C@H](C)CS(=O)(=O)N(Cc1ccc(OC)cc1)Cc1ccc(OC)cc1)N1CCC[C@H]1N1C[C@@]2(CCCc3cc(Cl)ccc32)COc2ccc(C(=O)OC)cc21. The Morgan fingerprint density at radius 1 is 0.887 bits per heavy atom. The summed E-state index contributed by atoms with van der Waals surface area (Å²) in [6.45, 7) is 3.99. The third-order valence-corrected chi connectivity index (χ3v) is 16.2. The van der Waals surface area contributed by atoms with Gasteiger partial charge in [-0.05, 0) is 121 Å². The molecule has 7 rings (SSSR count). The average molecular weight is 1020 g/mol. The number of fused-ring (bicyclic) bond motifs is 3. The first-order valence-corrected chi connectivity index (χ1v) is 26.2. The molecule has 2 heterocycles. The Morgan fingerprint density at radius 3 is 2.14 bits per heavy atom. The summed E-state index contributed by atoms with van der Waals surface area (Å²) in [7, 11) is 3.64. The van der Waals surface area contributed by atoms with E-state index in [0.717, 1.165) is 41.5 Å². The number of aryl methyl sites for hydroxylation is 1. The maximum absolute atomic E-state index is 17.8. The van der Waals surface area contributed by atoms with Gasteiger partial charge in [0, 0.05) is 63.9 Å². The number of nitrogens with zero attached hydrogens (tertiary/aromatic N) is 4. The van der Waals surface area contributed by atoms with Crippen LogP contribution in [-0.4, -0.2) is 134 Å². The van der Waals surface area contributed by atoms with E-state index in [9.17, 15) is 13.2 Å². The van der Waals surface area contributed by atoms with Crippen LogP contribution in [0.15, 0.2) is 96.8 Å². The number of benzene rings is 4. The van der Waals surface area contributed by atoms with E-state index in [2.05, 4.69) is 11.0 Å². The lowest BCUT2D eigenvalue weighted by atomic mass is 9.70. The van der Waals surface area contributed by atoms with Gasteiger partial charge in [-0.15, -0.1) is 0 Å². The molecule has 1 unspecified atom stereocenters. The number of hydrogen-bond donors (Lipinski definition) is 0. The quantitative estimate of drug-likeness (QED) is 0.0699. The van der Waals surface area contributed by atoms with E-state index in [1.165, 1.54) is 17.5 Å². The Balaban J connectivity index is 1.23. The maximum Gasteiger partial charge on any atom is 0.337 e. The molecule has 0 bridgehead atoms. The molecule has 1 spiro atoms. The van der Waals surface area contributed by atoms with Gasteiger partial charge in [-0.2, -0.15) is 4.31 Å². The van der Waals surface area contributed by atoms with Crippen LogP contribution in [0.3, 0.4) is 0 Å².